The van der Waals surface area contributed by atoms with E-state index in [2.05, 4.69) is 16.6 Å². The summed E-state index contributed by atoms with van der Waals surface area (Å²) in [6, 6.07) is 4.90. The lowest BCUT2D eigenvalue weighted by molar-refractivity contribution is -0.107. The molecule has 0 saturated heterocycles. The normalized spacial score (nSPS) is 8.81. The first-order valence-corrected chi connectivity index (χ1v) is 4.60. The van der Waals surface area contributed by atoms with Gasteiger partial charge in [-0.25, -0.2) is 4.79 Å². The fraction of sp³-hybridized carbons (Fsp3) is 0.167. The van der Waals surface area contributed by atoms with E-state index in [0.717, 1.165) is 0 Å². The van der Waals surface area contributed by atoms with E-state index in [-0.39, 0.29) is 17.7 Å². The Bertz CT molecular complexity index is 469. The van der Waals surface area contributed by atoms with Crippen molar-refractivity contribution in [1.82, 2.24) is 0 Å². The van der Waals surface area contributed by atoms with Crippen molar-refractivity contribution in [2.45, 2.75) is 6.42 Å². The van der Waals surface area contributed by atoms with E-state index in [0.29, 0.717) is 11.8 Å². The Morgan fingerprint density at radius 3 is 2.94 bits per heavy atom. The highest BCUT2D eigenvalue weighted by atomic mass is 16.5. The monoisotopic (exact) mass is 217 g/mol. The molecule has 1 aromatic rings. The fourth-order valence-corrected chi connectivity index (χ4v) is 1.15. The molecular weight excluding hydrogens is 206 g/mol. The van der Waals surface area contributed by atoms with Crippen molar-refractivity contribution in [3.63, 3.8) is 0 Å². The Labute approximate surface area is 93.4 Å². The van der Waals surface area contributed by atoms with Gasteiger partial charge in [0.1, 0.15) is 6.29 Å². The molecule has 1 rings (SSSR count). The summed E-state index contributed by atoms with van der Waals surface area (Å²) in [4.78, 5) is 21.4. The van der Waals surface area contributed by atoms with Crippen LogP contribution in [0.4, 0.5) is 5.69 Å². The predicted molar refractivity (Wildman–Crippen MR) is 59.8 cm³/mol. The number of nitrogen functional groups attached to an aromatic ring is 1. The second-order valence-electron chi connectivity index (χ2n) is 2.93. The number of methoxy groups -OCH3 is 1. The van der Waals surface area contributed by atoms with Gasteiger partial charge in [-0.05, 0) is 12.1 Å². The number of esters is 1. The molecule has 2 N–H and O–H groups in total. The maximum atomic E-state index is 11.3. The number of nitrogens with two attached hydrogens (primary N) is 1. The van der Waals surface area contributed by atoms with Crippen LogP contribution in [0.1, 0.15) is 22.3 Å². The topological polar surface area (TPSA) is 69.4 Å². The molecular formula is C12H11NO3. The zero-order chi connectivity index (χ0) is 12.0. The minimum absolute atomic E-state index is 0.141. The lowest BCUT2D eigenvalue weighted by Gasteiger charge is -2.04. The highest BCUT2D eigenvalue weighted by Gasteiger charge is 2.11. The zero-order valence-electron chi connectivity index (χ0n) is 8.82. The number of aldehydes is 1. The summed E-state index contributed by atoms with van der Waals surface area (Å²) in [5, 5.41) is 0. The molecule has 4 nitrogen and oxygen atoms in total. The average molecular weight is 217 g/mol. The number of hydrogen-bond acceptors (Lipinski definition) is 4. The van der Waals surface area contributed by atoms with Crippen LogP contribution in [0.5, 0.6) is 0 Å². The number of para-hydroxylation sites is 1. The van der Waals surface area contributed by atoms with Crippen LogP contribution < -0.4 is 5.73 Å². The van der Waals surface area contributed by atoms with Crippen LogP contribution >= 0.6 is 0 Å². The third-order valence-electron chi connectivity index (χ3n) is 1.92. The van der Waals surface area contributed by atoms with Gasteiger partial charge >= 0.3 is 5.97 Å². The molecule has 0 aliphatic heterocycles. The zero-order valence-corrected chi connectivity index (χ0v) is 8.82. The van der Waals surface area contributed by atoms with Crippen molar-refractivity contribution in [2.24, 2.45) is 0 Å². The molecule has 0 amide bonds. The number of ether oxygens (including phenoxy) is 1. The van der Waals surface area contributed by atoms with Crippen LogP contribution in [-0.2, 0) is 9.53 Å². The van der Waals surface area contributed by atoms with Crippen molar-refractivity contribution in [1.29, 1.82) is 0 Å². The SMILES string of the molecule is COC(=O)c1cccc(C#CCC=O)c1N. The fourth-order valence-electron chi connectivity index (χ4n) is 1.15. The Hall–Kier alpha value is -2.28. The number of anilines is 1. The summed E-state index contributed by atoms with van der Waals surface area (Å²) >= 11 is 0. The maximum Gasteiger partial charge on any atom is 0.339 e. The molecule has 4 heteroatoms. The quantitative estimate of drug-likeness (QED) is 0.347. The van der Waals surface area contributed by atoms with E-state index < -0.39 is 5.97 Å². The van der Waals surface area contributed by atoms with E-state index in [1.807, 2.05) is 0 Å². The summed E-state index contributed by atoms with van der Waals surface area (Å²) in [6.45, 7) is 0. The van der Waals surface area contributed by atoms with Crippen molar-refractivity contribution in [2.75, 3.05) is 12.8 Å². The smallest absolute Gasteiger partial charge is 0.339 e. The van der Waals surface area contributed by atoms with Gasteiger partial charge < -0.3 is 15.3 Å². The summed E-state index contributed by atoms with van der Waals surface area (Å²) < 4.78 is 4.57. The van der Waals surface area contributed by atoms with Gasteiger partial charge in [0, 0.05) is 5.56 Å². The van der Waals surface area contributed by atoms with E-state index in [1.165, 1.54) is 7.11 Å². The first-order valence-electron chi connectivity index (χ1n) is 4.60. The summed E-state index contributed by atoms with van der Waals surface area (Å²) in [7, 11) is 1.28. The summed E-state index contributed by atoms with van der Waals surface area (Å²) in [5.74, 6) is 4.84. The molecule has 16 heavy (non-hydrogen) atoms. The van der Waals surface area contributed by atoms with Gasteiger partial charge in [-0.1, -0.05) is 17.9 Å². The number of rotatable bonds is 2. The third-order valence-corrected chi connectivity index (χ3v) is 1.92. The van der Waals surface area contributed by atoms with E-state index in [4.69, 9.17) is 5.73 Å². The second kappa shape index (κ2) is 5.56. The van der Waals surface area contributed by atoms with Crippen molar-refractivity contribution in [3.05, 3.63) is 29.3 Å². The molecule has 0 saturated carbocycles. The number of hydrogen-bond donors (Lipinski definition) is 1. The number of carbonyl (C=O) groups excluding carboxylic acids is 2. The summed E-state index contributed by atoms with van der Waals surface area (Å²) in [5.41, 5.74) is 6.82. The second-order valence-corrected chi connectivity index (χ2v) is 2.93. The molecule has 0 heterocycles. The molecule has 0 aliphatic carbocycles. The van der Waals surface area contributed by atoms with E-state index >= 15 is 0 Å². The van der Waals surface area contributed by atoms with Crippen LogP contribution in [0.3, 0.4) is 0 Å². The summed E-state index contributed by atoms with van der Waals surface area (Å²) in [6.07, 6.45) is 0.843. The Kier molecular flexibility index (Phi) is 4.10. The minimum atomic E-state index is -0.503. The van der Waals surface area contributed by atoms with E-state index in [9.17, 15) is 9.59 Å². The van der Waals surface area contributed by atoms with Crippen LogP contribution in [-0.4, -0.2) is 19.4 Å². The largest absolute Gasteiger partial charge is 0.465 e. The van der Waals surface area contributed by atoms with Crippen LogP contribution in [0.15, 0.2) is 18.2 Å². The van der Waals surface area contributed by atoms with Crippen LogP contribution in [0, 0.1) is 11.8 Å². The first-order chi connectivity index (χ1) is 7.70. The van der Waals surface area contributed by atoms with Gasteiger partial charge in [-0.3, -0.25) is 0 Å². The molecule has 1 aromatic carbocycles. The molecule has 82 valence electrons. The lowest BCUT2D eigenvalue weighted by atomic mass is 10.1. The molecule has 0 aromatic heterocycles. The number of benzene rings is 1. The average Bonchev–Trinajstić information content (AvgIpc) is 2.30. The Morgan fingerprint density at radius 2 is 2.31 bits per heavy atom. The van der Waals surface area contributed by atoms with Gasteiger partial charge in [-0.2, -0.15) is 0 Å². The highest BCUT2D eigenvalue weighted by Crippen LogP contribution is 2.17. The number of carbonyl (C=O) groups is 2. The van der Waals surface area contributed by atoms with Gasteiger partial charge in [0.2, 0.25) is 0 Å². The van der Waals surface area contributed by atoms with E-state index in [1.54, 1.807) is 18.2 Å². The molecule has 0 fully saturated rings. The van der Waals surface area contributed by atoms with Crippen molar-refractivity contribution < 1.29 is 14.3 Å². The first kappa shape index (κ1) is 11.8. The molecule has 0 unspecified atom stereocenters. The predicted octanol–water partition coefficient (Wildman–Crippen LogP) is 0.996. The van der Waals surface area contributed by atoms with Gasteiger partial charge in [0.25, 0.3) is 0 Å². The molecule has 0 bridgehead atoms. The van der Waals surface area contributed by atoms with Gasteiger partial charge in [0.15, 0.2) is 0 Å². The minimum Gasteiger partial charge on any atom is -0.465 e. The molecule has 0 radical (unpaired) electrons. The van der Waals surface area contributed by atoms with Gasteiger partial charge in [0.05, 0.1) is 24.8 Å². The Morgan fingerprint density at radius 1 is 1.56 bits per heavy atom. The van der Waals surface area contributed by atoms with Crippen molar-refractivity contribution >= 4 is 17.9 Å². The third kappa shape index (κ3) is 2.61. The lowest BCUT2D eigenvalue weighted by Crippen LogP contribution is -2.06. The van der Waals surface area contributed by atoms with Crippen molar-refractivity contribution in [3.8, 4) is 11.8 Å². The molecule has 0 spiro atoms. The highest BCUT2D eigenvalue weighted by molar-refractivity contribution is 5.96. The standard InChI is InChI=1S/C12H11NO3/c1-16-12(15)10-7-4-6-9(11(10)13)5-2-3-8-14/h4,6-8H,3,13H2,1H3. The van der Waals surface area contributed by atoms with Gasteiger partial charge in [-0.15, -0.1) is 0 Å². The molecule has 0 atom stereocenters. The molecule has 0 aliphatic rings. The maximum absolute atomic E-state index is 11.3. The Balaban J connectivity index is 3.10. The van der Waals surface area contributed by atoms with Crippen LogP contribution in [0.2, 0.25) is 0 Å². The van der Waals surface area contributed by atoms with Crippen LogP contribution in [0.25, 0.3) is 0 Å².